The van der Waals surface area contributed by atoms with Gasteiger partial charge in [-0.2, -0.15) is 0 Å². The summed E-state index contributed by atoms with van der Waals surface area (Å²) in [7, 11) is 0. The van der Waals surface area contributed by atoms with Crippen molar-refractivity contribution in [3.05, 3.63) is 141 Å². The van der Waals surface area contributed by atoms with Gasteiger partial charge in [0.25, 0.3) is 0 Å². The Morgan fingerprint density at radius 1 is 0.429 bits per heavy atom. The second kappa shape index (κ2) is 13.3. The highest BCUT2D eigenvalue weighted by atomic mass is 35.5. The molecule has 2 aliphatic rings. The topological polar surface area (TPSA) is 6.48 Å². The van der Waals surface area contributed by atoms with Crippen LogP contribution < -0.4 is 9.80 Å². The van der Waals surface area contributed by atoms with E-state index < -0.39 is 0 Å². The molecule has 294 valence electrons. The van der Waals surface area contributed by atoms with Crippen molar-refractivity contribution in [1.82, 2.24) is 0 Å². The van der Waals surface area contributed by atoms with E-state index in [-0.39, 0.29) is 32.5 Å². The largest absolute Gasteiger partial charge is 0.309 e. The van der Waals surface area contributed by atoms with Crippen molar-refractivity contribution in [2.45, 2.75) is 149 Å². The molecule has 0 atom stereocenters. The predicted octanol–water partition coefficient (Wildman–Crippen LogP) is 16.1. The fraction of sp³-hybridized carbons (Fsp3) is 0.434. The third-order valence-corrected chi connectivity index (χ3v) is 13.2. The number of nitrogens with zero attached hydrogens (tertiary/aromatic N) is 2. The van der Waals surface area contributed by atoms with Gasteiger partial charge >= 0.3 is 0 Å². The maximum absolute atomic E-state index is 7.93. The highest BCUT2D eigenvalue weighted by Gasteiger charge is 2.44. The van der Waals surface area contributed by atoms with Crippen LogP contribution in [0.4, 0.5) is 34.1 Å². The average molecular weight is 766 g/mol. The summed E-state index contributed by atoms with van der Waals surface area (Å²) in [6, 6.07) is 37.0. The Bertz CT molecular complexity index is 2150. The zero-order valence-electron chi connectivity index (χ0n) is 36.9. The van der Waals surface area contributed by atoms with Crippen LogP contribution in [0, 0.1) is 6.92 Å². The van der Waals surface area contributed by atoms with Crippen LogP contribution in [0.2, 0.25) is 5.02 Å². The summed E-state index contributed by atoms with van der Waals surface area (Å²) in [5.41, 5.74) is 16.3. The molecule has 0 spiro atoms. The number of benzene rings is 5. The number of hydrogen-bond acceptors (Lipinski definition) is 2. The number of aryl methyl sites for hydroxylation is 1. The summed E-state index contributed by atoms with van der Waals surface area (Å²) < 4.78 is 0. The molecule has 0 heterocycles. The summed E-state index contributed by atoms with van der Waals surface area (Å²) in [5.74, 6) is 0. The normalized spacial score (nSPS) is 17.7. The first-order valence-electron chi connectivity index (χ1n) is 20.7. The Kier molecular flexibility index (Phi) is 9.53. The molecule has 0 unspecified atom stereocenters. The number of fused-ring (bicyclic) bond motifs is 2. The van der Waals surface area contributed by atoms with Gasteiger partial charge in [0.15, 0.2) is 0 Å². The SMILES string of the molecule is Cc1cc(N(c2ccc(C(C)(C)C)cc2)c2ccc(C(C)(C)C)cc2)c(Cl)c(N(c2ccc3c(c2)C(C)(C)CC3(C)C)c2ccc3c(c2)C(C)(C)CC3(C)C)c1. The number of anilines is 6. The van der Waals surface area contributed by atoms with Crippen molar-refractivity contribution in [2.75, 3.05) is 9.80 Å². The Hall–Kier alpha value is -4.01. The average Bonchev–Trinajstić information content (AvgIpc) is 3.40. The predicted molar refractivity (Wildman–Crippen MR) is 244 cm³/mol. The van der Waals surface area contributed by atoms with Crippen molar-refractivity contribution in [3.63, 3.8) is 0 Å². The van der Waals surface area contributed by atoms with Crippen molar-refractivity contribution in [2.24, 2.45) is 0 Å². The van der Waals surface area contributed by atoms with Crippen LogP contribution in [0.25, 0.3) is 0 Å². The zero-order chi connectivity index (χ0) is 41.0. The lowest BCUT2D eigenvalue weighted by Crippen LogP contribution is -2.18. The minimum Gasteiger partial charge on any atom is -0.309 e. The molecule has 2 nitrogen and oxygen atoms in total. The molecule has 2 aliphatic carbocycles. The molecule has 5 aromatic carbocycles. The molecule has 0 saturated heterocycles. The van der Waals surface area contributed by atoms with E-state index >= 15 is 0 Å². The number of rotatable bonds is 6. The van der Waals surface area contributed by atoms with Gasteiger partial charge in [0.05, 0.1) is 16.4 Å². The first kappa shape index (κ1) is 40.2. The van der Waals surface area contributed by atoms with E-state index in [1.807, 2.05) is 0 Å². The summed E-state index contributed by atoms with van der Waals surface area (Å²) in [5, 5.41) is 0.718. The summed E-state index contributed by atoms with van der Waals surface area (Å²) in [6.45, 7) is 35.0. The van der Waals surface area contributed by atoms with E-state index in [1.165, 1.54) is 33.4 Å². The monoisotopic (exact) mass is 764 g/mol. The molecular weight excluding hydrogens is 700 g/mol. The molecule has 56 heavy (non-hydrogen) atoms. The third-order valence-electron chi connectivity index (χ3n) is 12.9. The van der Waals surface area contributed by atoms with E-state index in [0.717, 1.165) is 57.6 Å². The quantitative estimate of drug-likeness (QED) is 0.170. The first-order valence-corrected chi connectivity index (χ1v) is 21.1. The molecule has 0 bridgehead atoms. The van der Waals surface area contributed by atoms with Crippen molar-refractivity contribution >= 4 is 45.7 Å². The van der Waals surface area contributed by atoms with E-state index in [4.69, 9.17) is 11.6 Å². The molecule has 0 aromatic heterocycles. The van der Waals surface area contributed by atoms with Crippen LogP contribution in [0.15, 0.2) is 97.1 Å². The first-order chi connectivity index (χ1) is 25.8. The van der Waals surface area contributed by atoms with Gasteiger partial charge in [-0.05, 0) is 152 Å². The Balaban J connectivity index is 1.48. The van der Waals surface area contributed by atoms with Gasteiger partial charge in [-0.3, -0.25) is 0 Å². The Morgan fingerprint density at radius 2 is 0.732 bits per heavy atom. The van der Waals surface area contributed by atoms with E-state index in [2.05, 4.69) is 211 Å². The molecule has 0 aliphatic heterocycles. The van der Waals surface area contributed by atoms with Gasteiger partial charge in [-0.1, -0.05) is 145 Å². The second-order valence-electron chi connectivity index (χ2n) is 21.7. The molecule has 0 radical (unpaired) electrons. The molecule has 0 saturated carbocycles. The lowest BCUT2D eigenvalue weighted by Gasteiger charge is -2.33. The fourth-order valence-electron chi connectivity index (χ4n) is 10.4. The standard InChI is InChI=1S/C53H65ClN2/c1-34-28-45(55(37-20-16-35(17-21-37)48(2,3)4)38-22-18-36(19-23-38)49(5,6)7)47(54)46(29-34)56(39-24-26-41-43(30-39)52(12,13)32-50(41,8)9)40-25-27-42-44(31-40)53(14,15)33-51(42,10)11/h16-31H,32-33H2,1-15H3. The minimum atomic E-state index is 0.0473. The van der Waals surface area contributed by atoms with Crippen LogP contribution >= 0.6 is 11.6 Å². The molecule has 0 N–H and O–H groups in total. The maximum Gasteiger partial charge on any atom is 0.0887 e. The lowest BCUT2D eigenvalue weighted by molar-refractivity contribution is 0.403. The van der Waals surface area contributed by atoms with Crippen molar-refractivity contribution in [3.8, 4) is 0 Å². The lowest BCUT2D eigenvalue weighted by atomic mass is 9.82. The molecule has 0 fully saturated rings. The molecular formula is C53H65ClN2. The molecule has 3 heteroatoms. The summed E-state index contributed by atoms with van der Waals surface area (Å²) in [6.07, 6.45) is 2.24. The van der Waals surface area contributed by atoms with E-state index in [9.17, 15) is 0 Å². The maximum atomic E-state index is 7.93. The molecule has 5 aromatic rings. The Labute approximate surface area is 344 Å². The van der Waals surface area contributed by atoms with Crippen LogP contribution in [0.5, 0.6) is 0 Å². The molecule has 0 amide bonds. The zero-order valence-corrected chi connectivity index (χ0v) is 37.7. The van der Waals surface area contributed by atoms with Crippen LogP contribution in [0.3, 0.4) is 0 Å². The van der Waals surface area contributed by atoms with Gasteiger partial charge in [0.1, 0.15) is 0 Å². The highest BCUT2D eigenvalue weighted by molar-refractivity contribution is 6.36. The van der Waals surface area contributed by atoms with Crippen LogP contribution in [-0.4, -0.2) is 0 Å². The van der Waals surface area contributed by atoms with E-state index in [0.29, 0.717) is 0 Å². The summed E-state index contributed by atoms with van der Waals surface area (Å²) >= 11 is 7.93. The Morgan fingerprint density at radius 3 is 1.07 bits per heavy atom. The summed E-state index contributed by atoms with van der Waals surface area (Å²) in [4.78, 5) is 4.78. The second-order valence-corrected chi connectivity index (χ2v) is 22.1. The molecule has 7 rings (SSSR count). The highest BCUT2D eigenvalue weighted by Crippen LogP contribution is 2.55. The van der Waals surface area contributed by atoms with Crippen LogP contribution in [-0.2, 0) is 32.5 Å². The van der Waals surface area contributed by atoms with Crippen molar-refractivity contribution in [1.29, 1.82) is 0 Å². The van der Waals surface area contributed by atoms with Gasteiger partial charge in [0.2, 0.25) is 0 Å². The van der Waals surface area contributed by atoms with Crippen molar-refractivity contribution < 1.29 is 0 Å². The van der Waals surface area contributed by atoms with Crippen LogP contribution in [0.1, 0.15) is 149 Å². The smallest absolute Gasteiger partial charge is 0.0887 e. The number of hydrogen-bond donors (Lipinski definition) is 0. The minimum absolute atomic E-state index is 0.0473. The van der Waals surface area contributed by atoms with Gasteiger partial charge in [-0.25, -0.2) is 0 Å². The van der Waals surface area contributed by atoms with Gasteiger partial charge in [-0.15, -0.1) is 0 Å². The number of halogens is 1. The van der Waals surface area contributed by atoms with Gasteiger partial charge < -0.3 is 9.80 Å². The third kappa shape index (κ3) is 7.10. The van der Waals surface area contributed by atoms with Gasteiger partial charge in [0, 0.05) is 22.7 Å². The van der Waals surface area contributed by atoms with E-state index in [1.54, 1.807) is 0 Å². The fourth-order valence-corrected chi connectivity index (χ4v) is 10.6.